The molecule has 2 aliphatic heterocycles. The fraction of sp³-hybridized carbons (Fsp3) is 0.0857. The minimum atomic E-state index is -3.20. The molecular formula is C70H45F2NOSi. The van der Waals surface area contributed by atoms with Crippen LogP contribution in [0.2, 0.25) is 0 Å². The van der Waals surface area contributed by atoms with Crippen LogP contribution in [0.4, 0.5) is 25.8 Å². The van der Waals surface area contributed by atoms with Gasteiger partial charge in [-0.05, 0) is 165 Å². The zero-order valence-electron chi connectivity index (χ0n) is 41.2. The highest BCUT2D eigenvalue weighted by molar-refractivity contribution is 7.22. The van der Waals surface area contributed by atoms with E-state index in [0.29, 0.717) is 0 Å². The molecule has 0 atom stereocenters. The molecular weight excluding hydrogens is 937 g/mol. The Balaban J connectivity index is 0.974. The molecule has 5 aliphatic rings. The molecule has 0 saturated heterocycles. The molecule has 1 aromatic heterocycles. The first-order chi connectivity index (χ1) is 36.8. The van der Waals surface area contributed by atoms with Crippen LogP contribution < -0.4 is 25.6 Å². The zero-order chi connectivity index (χ0) is 49.7. The highest BCUT2D eigenvalue weighted by Gasteiger charge is 2.53. The van der Waals surface area contributed by atoms with E-state index in [1.54, 1.807) is 24.3 Å². The average molecular weight is 982 g/mol. The Labute approximate surface area is 433 Å². The smallest absolute Gasteiger partial charge is 0.180 e. The second-order valence-electron chi connectivity index (χ2n) is 22.0. The van der Waals surface area contributed by atoms with Crippen LogP contribution >= 0.6 is 0 Å². The molecule has 0 amide bonds. The van der Waals surface area contributed by atoms with Gasteiger partial charge in [0.2, 0.25) is 0 Å². The van der Waals surface area contributed by atoms with Gasteiger partial charge in [-0.15, -0.1) is 0 Å². The Hall–Kier alpha value is -8.64. The summed E-state index contributed by atoms with van der Waals surface area (Å²) in [6.45, 7) is 4.69. The molecule has 1 spiro atoms. The molecule has 354 valence electrons. The summed E-state index contributed by atoms with van der Waals surface area (Å²) in [4.78, 5) is 2.45. The van der Waals surface area contributed by atoms with Gasteiger partial charge in [-0.3, -0.25) is 0 Å². The highest BCUT2D eigenvalue weighted by Crippen LogP contribution is 2.64. The molecule has 11 aromatic carbocycles. The van der Waals surface area contributed by atoms with Crippen molar-refractivity contribution in [3.63, 3.8) is 0 Å². The van der Waals surface area contributed by atoms with Crippen molar-refractivity contribution in [1.29, 1.82) is 0 Å². The second kappa shape index (κ2) is 14.3. The van der Waals surface area contributed by atoms with Gasteiger partial charge in [0, 0.05) is 21.8 Å². The van der Waals surface area contributed by atoms with Gasteiger partial charge in [0.15, 0.2) is 13.7 Å². The first-order valence-electron chi connectivity index (χ1n) is 26.2. The van der Waals surface area contributed by atoms with E-state index in [4.69, 9.17) is 4.42 Å². The molecule has 2 nitrogen and oxygen atoms in total. The number of hydrogen-bond donors (Lipinski definition) is 0. The van der Waals surface area contributed by atoms with Crippen molar-refractivity contribution < 1.29 is 13.2 Å². The van der Waals surface area contributed by atoms with Crippen LogP contribution in [0.15, 0.2) is 217 Å². The number of benzene rings is 11. The molecule has 3 aliphatic carbocycles. The summed E-state index contributed by atoms with van der Waals surface area (Å²) in [5.74, 6) is -0.573. The summed E-state index contributed by atoms with van der Waals surface area (Å²) in [7, 11) is -3.20. The third-order valence-electron chi connectivity index (χ3n) is 18.4. The van der Waals surface area contributed by atoms with Gasteiger partial charge in [0.05, 0.1) is 22.5 Å². The Morgan fingerprint density at radius 1 is 0.413 bits per heavy atom. The van der Waals surface area contributed by atoms with E-state index >= 15 is 8.78 Å². The van der Waals surface area contributed by atoms with Crippen LogP contribution in [0.5, 0.6) is 0 Å². The van der Waals surface area contributed by atoms with Crippen molar-refractivity contribution in [3.05, 3.63) is 268 Å². The number of anilines is 3. The maximum atomic E-state index is 15.0. The fourth-order valence-electron chi connectivity index (χ4n) is 15.3. The molecule has 5 heteroatoms. The van der Waals surface area contributed by atoms with Gasteiger partial charge in [0.1, 0.15) is 17.2 Å². The summed E-state index contributed by atoms with van der Waals surface area (Å²) in [5.41, 5.74) is 21.6. The predicted molar refractivity (Wildman–Crippen MR) is 304 cm³/mol. The molecule has 0 N–H and O–H groups in total. The standard InChI is InChI=1S/C70H45F2NOSi/c1-69(2)55-18-8-9-19-59(55)73(61-39-63-52(38-58(61)69)48-14-5-10-21-62(48)75(63,44-30-26-42(71)27-31-44)45-32-28-43(72)29-33-45)60-20-11-15-49-50-35-37-57-66(68(50)74-67(49)60)51-34-24-40-22-23-41-25-36-56(65(51)64(40)41)70(57)53-16-6-3-12-46(53)47-13-4-7-17-54(47)70/h3-21,24-39H,22-23H2,1-2H3. The van der Waals surface area contributed by atoms with Gasteiger partial charge in [-0.2, -0.15) is 0 Å². The SMILES string of the molecule is CC1(C)c2ccccc2N(c2cccc3c2oc2c4c(ccc23)C2(c3ccccc3-c3ccccc32)c2ccc3c5c(ccc-4c25)CC3)c2cc3c(cc21)-c1ccccc1[Si]3(c1ccc(F)cc1)c1ccc(F)cc1. The lowest BCUT2D eigenvalue weighted by Gasteiger charge is -2.43. The van der Waals surface area contributed by atoms with Crippen molar-refractivity contribution in [2.45, 2.75) is 37.5 Å². The number of para-hydroxylation sites is 2. The normalized spacial score (nSPS) is 15.9. The van der Waals surface area contributed by atoms with Crippen molar-refractivity contribution >= 4 is 78.6 Å². The molecule has 0 fully saturated rings. The van der Waals surface area contributed by atoms with Crippen LogP contribution in [0.25, 0.3) is 66.1 Å². The number of furan rings is 1. The summed E-state index contributed by atoms with van der Waals surface area (Å²) in [6.07, 6.45) is 2.09. The Kier molecular flexibility index (Phi) is 7.99. The number of halogens is 2. The lowest BCUT2D eigenvalue weighted by Crippen LogP contribution is -2.72. The number of fused-ring (bicyclic) bond motifs is 18. The summed E-state index contributed by atoms with van der Waals surface area (Å²) in [5, 5.41) is 9.39. The van der Waals surface area contributed by atoms with E-state index in [-0.39, 0.29) is 11.6 Å². The van der Waals surface area contributed by atoms with Crippen LogP contribution in [0.1, 0.15) is 58.4 Å². The minimum absolute atomic E-state index is 0.286. The maximum absolute atomic E-state index is 15.0. The molecule has 0 saturated carbocycles. The van der Waals surface area contributed by atoms with Gasteiger partial charge in [-0.25, -0.2) is 8.78 Å². The third-order valence-corrected chi connectivity index (χ3v) is 23.2. The van der Waals surface area contributed by atoms with Gasteiger partial charge in [0.25, 0.3) is 0 Å². The number of hydrogen-bond acceptors (Lipinski definition) is 2. The monoisotopic (exact) mass is 981 g/mol. The van der Waals surface area contributed by atoms with E-state index < -0.39 is 18.9 Å². The summed E-state index contributed by atoms with van der Waals surface area (Å²) >= 11 is 0. The second-order valence-corrected chi connectivity index (χ2v) is 25.7. The number of aryl methyl sites for hydroxylation is 2. The summed E-state index contributed by atoms with van der Waals surface area (Å²) < 4.78 is 37.8. The Bertz CT molecular complexity index is 4440. The number of nitrogens with zero attached hydrogens (tertiary/aromatic N) is 1. The molecule has 3 heterocycles. The molecule has 0 radical (unpaired) electrons. The van der Waals surface area contributed by atoms with Crippen molar-refractivity contribution in [2.75, 3.05) is 4.90 Å². The predicted octanol–water partition coefficient (Wildman–Crippen LogP) is 14.9. The van der Waals surface area contributed by atoms with Crippen molar-refractivity contribution in [2.24, 2.45) is 0 Å². The molecule has 17 rings (SSSR count). The number of rotatable bonds is 3. The van der Waals surface area contributed by atoms with Crippen LogP contribution in [0.3, 0.4) is 0 Å². The lowest BCUT2D eigenvalue weighted by atomic mass is 9.61. The van der Waals surface area contributed by atoms with Gasteiger partial charge >= 0.3 is 0 Å². The van der Waals surface area contributed by atoms with Crippen LogP contribution in [-0.2, 0) is 23.7 Å². The van der Waals surface area contributed by atoms with E-state index in [1.807, 2.05) is 24.3 Å². The topological polar surface area (TPSA) is 16.4 Å². The Morgan fingerprint density at radius 3 is 1.71 bits per heavy atom. The largest absolute Gasteiger partial charge is 0.453 e. The van der Waals surface area contributed by atoms with E-state index in [0.717, 1.165) is 73.3 Å². The molecule has 12 aromatic rings. The highest BCUT2D eigenvalue weighted by atomic mass is 28.3. The minimum Gasteiger partial charge on any atom is -0.453 e. The van der Waals surface area contributed by atoms with Crippen LogP contribution in [-0.4, -0.2) is 8.07 Å². The van der Waals surface area contributed by atoms with E-state index in [9.17, 15) is 0 Å². The molecule has 0 bridgehead atoms. The molecule has 75 heavy (non-hydrogen) atoms. The third kappa shape index (κ3) is 4.99. The lowest BCUT2D eigenvalue weighted by molar-refractivity contribution is 0.628. The fourth-order valence-corrected chi connectivity index (χ4v) is 20.5. The Morgan fingerprint density at radius 2 is 1.00 bits per heavy atom. The quantitative estimate of drug-likeness (QED) is 0.164. The van der Waals surface area contributed by atoms with E-state index in [2.05, 4.69) is 183 Å². The van der Waals surface area contributed by atoms with Crippen molar-refractivity contribution in [1.82, 2.24) is 0 Å². The van der Waals surface area contributed by atoms with E-state index in [1.165, 1.54) is 87.9 Å². The van der Waals surface area contributed by atoms with Crippen LogP contribution in [0, 0.1) is 11.6 Å². The molecule has 0 unspecified atom stereocenters. The van der Waals surface area contributed by atoms with Gasteiger partial charge in [-0.1, -0.05) is 178 Å². The van der Waals surface area contributed by atoms with Gasteiger partial charge < -0.3 is 9.32 Å². The maximum Gasteiger partial charge on any atom is 0.180 e. The first kappa shape index (κ1) is 41.8. The zero-order valence-corrected chi connectivity index (χ0v) is 42.2. The van der Waals surface area contributed by atoms with Crippen molar-refractivity contribution in [3.8, 4) is 33.4 Å². The average Bonchev–Trinajstić information content (AvgIpc) is 4.42. The summed E-state index contributed by atoms with van der Waals surface area (Å²) in [6, 6.07) is 75.7. The first-order valence-corrected chi connectivity index (χ1v) is 28.2.